The molecule has 26 heavy (non-hydrogen) atoms. The van der Waals surface area contributed by atoms with Gasteiger partial charge >= 0.3 is 6.18 Å². The van der Waals surface area contributed by atoms with Crippen molar-refractivity contribution < 1.29 is 22.4 Å². The van der Waals surface area contributed by atoms with Crippen molar-refractivity contribution in [2.75, 3.05) is 6.54 Å². The Bertz CT molecular complexity index is 784. The molecule has 0 unspecified atom stereocenters. The molecule has 1 aromatic heterocycles. The van der Waals surface area contributed by atoms with Gasteiger partial charge in [0, 0.05) is 6.54 Å². The molecular weight excluding hydrogens is 349 g/mol. The van der Waals surface area contributed by atoms with Gasteiger partial charge in [0.2, 0.25) is 0 Å². The van der Waals surface area contributed by atoms with Crippen LogP contribution in [-0.2, 0) is 19.3 Å². The largest absolute Gasteiger partial charge is 0.454 e. The number of guanidine groups is 1. The Hall–Kier alpha value is -2.97. The average Bonchev–Trinajstić information content (AvgIpc) is 3.06. The molecule has 0 radical (unpaired) electrons. The smallest absolute Gasteiger partial charge is 0.416 e. The maximum absolute atomic E-state index is 12.8. The molecule has 2 rings (SSSR count). The first-order valence-electron chi connectivity index (χ1n) is 7.86. The van der Waals surface area contributed by atoms with E-state index in [0.29, 0.717) is 23.8 Å². The number of hydrogen-bond donors (Lipinski definition) is 3. The van der Waals surface area contributed by atoms with Crippen molar-refractivity contribution in [1.29, 1.82) is 0 Å². The van der Waals surface area contributed by atoms with E-state index in [-0.39, 0.29) is 18.8 Å². The Morgan fingerprint density at radius 3 is 2.62 bits per heavy atom. The maximum atomic E-state index is 12.8. The summed E-state index contributed by atoms with van der Waals surface area (Å²) in [5, 5.41) is 5.96. The number of nitrogens with two attached hydrogens (primary N) is 1. The number of primary amides is 1. The fourth-order valence-corrected chi connectivity index (χ4v) is 2.13. The highest BCUT2D eigenvalue weighted by molar-refractivity contribution is 5.89. The zero-order valence-electron chi connectivity index (χ0n) is 14.1. The lowest BCUT2D eigenvalue weighted by Crippen LogP contribution is -2.36. The summed E-state index contributed by atoms with van der Waals surface area (Å²) in [4.78, 5) is 15.3. The number of alkyl halides is 3. The average molecular weight is 368 g/mol. The Morgan fingerprint density at radius 1 is 1.23 bits per heavy atom. The number of amides is 1. The zero-order chi connectivity index (χ0) is 19.2. The fraction of sp³-hybridized carbons (Fsp3) is 0.294. The monoisotopic (exact) mass is 368 g/mol. The van der Waals surface area contributed by atoms with Gasteiger partial charge in [0.05, 0.1) is 18.7 Å². The lowest BCUT2D eigenvalue weighted by atomic mass is 10.1. The SMILES string of the molecule is CCNC(=NCc1cccc(C(F)(F)F)c1)NCc1ccc(C(N)=O)o1. The van der Waals surface area contributed by atoms with Gasteiger partial charge in [-0.15, -0.1) is 0 Å². The molecule has 2 aromatic rings. The summed E-state index contributed by atoms with van der Waals surface area (Å²) >= 11 is 0. The van der Waals surface area contributed by atoms with Gasteiger partial charge in [-0.2, -0.15) is 13.2 Å². The van der Waals surface area contributed by atoms with Gasteiger partial charge < -0.3 is 20.8 Å². The van der Waals surface area contributed by atoms with Crippen LogP contribution in [0.1, 0.15) is 34.4 Å². The van der Waals surface area contributed by atoms with Crippen LogP contribution in [0.2, 0.25) is 0 Å². The van der Waals surface area contributed by atoms with Crippen LogP contribution in [0.4, 0.5) is 13.2 Å². The van der Waals surface area contributed by atoms with Gasteiger partial charge in [-0.05, 0) is 36.8 Å². The van der Waals surface area contributed by atoms with E-state index in [1.54, 1.807) is 12.1 Å². The summed E-state index contributed by atoms with van der Waals surface area (Å²) in [7, 11) is 0. The van der Waals surface area contributed by atoms with Gasteiger partial charge in [-0.3, -0.25) is 4.79 Å². The van der Waals surface area contributed by atoms with Gasteiger partial charge in [0.1, 0.15) is 5.76 Å². The fourth-order valence-electron chi connectivity index (χ4n) is 2.13. The molecule has 1 aromatic carbocycles. The van der Waals surface area contributed by atoms with E-state index in [2.05, 4.69) is 15.6 Å². The molecule has 9 heteroatoms. The first kappa shape index (κ1) is 19.4. The number of carbonyl (C=O) groups is 1. The first-order chi connectivity index (χ1) is 12.3. The first-order valence-corrected chi connectivity index (χ1v) is 7.86. The molecule has 0 aliphatic rings. The predicted octanol–water partition coefficient (Wildman–Crippen LogP) is 2.65. The number of furan rings is 1. The standard InChI is InChI=1S/C17H19F3N4O2/c1-2-22-16(24-10-13-6-7-14(26-13)15(21)25)23-9-11-4-3-5-12(8-11)17(18,19)20/h3-8H,2,9-10H2,1H3,(H2,21,25)(H2,22,23,24). The summed E-state index contributed by atoms with van der Waals surface area (Å²) in [5.74, 6) is 0.263. The van der Waals surface area contributed by atoms with Crippen molar-refractivity contribution in [2.24, 2.45) is 10.7 Å². The molecule has 4 N–H and O–H groups in total. The van der Waals surface area contributed by atoms with E-state index < -0.39 is 17.6 Å². The van der Waals surface area contributed by atoms with Crippen LogP contribution in [0.3, 0.4) is 0 Å². The molecule has 0 aliphatic heterocycles. The molecule has 0 saturated heterocycles. The number of carbonyl (C=O) groups excluding carboxylic acids is 1. The highest BCUT2D eigenvalue weighted by atomic mass is 19.4. The van der Waals surface area contributed by atoms with Crippen LogP contribution < -0.4 is 16.4 Å². The number of benzene rings is 1. The molecule has 0 aliphatic carbocycles. The Labute approximate surface area is 148 Å². The molecule has 140 valence electrons. The van der Waals surface area contributed by atoms with Crippen LogP contribution in [0, 0.1) is 0 Å². The quantitative estimate of drug-likeness (QED) is 0.540. The molecule has 1 heterocycles. The zero-order valence-corrected chi connectivity index (χ0v) is 14.1. The number of aliphatic imine (C=N–C) groups is 1. The van der Waals surface area contributed by atoms with Crippen molar-refractivity contribution >= 4 is 11.9 Å². The molecule has 1 amide bonds. The number of nitrogens with one attached hydrogen (secondary N) is 2. The normalized spacial score (nSPS) is 12.1. The number of rotatable bonds is 6. The van der Waals surface area contributed by atoms with Crippen molar-refractivity contribution in [3.05, 3.63) is 59.0 Å². The highest BCUT2D eigenvalue weighted by Crippen LogP contribution is 2.29. The Kier molecular flexibility index (Phi) is 6.26. The molecular formula is C17H19F3N4O2. The predicted molar refractivity (Wildman–Crippen MR) is 90.3 cm³/mol. The van der Waals surface area contributed by atoms with E-state index in [4.69, 9.17) is 10.2 Å². The van der Waals surface area contributed by atoms with Gasteiger partial charge in [-0.25, -0.2) is 4.99 Å². The molecule has 0 spiro atoms. The minimum atomic E-state index is -4.39. The third-order valence-corrected chi connectivity index (χ3v) is 3.35. The summed E-state index contributed by atoms with van der Waals surface area (Å²) in [6, 6.07) is 8.08. The van der Waals surface area contributed by atoms with E-state index in [0.717, 1.165) is 12.1 Å². The highest BCUT2D eigenvalue weighted by Gasteiger charge is 2.30. The van der Waals surface area contributed by atoms with Crippen LogP contribution >= 0.6 is 0 Å². The summed E-state index contributed by atoms with van der Waals surface area (Å²) < 4.78 is 43.5. The van der Waals surface area contributed by atoms with Gasteiger partial charge in [0.25, 0.3) is 5.91 Å². The summed E-state index contributed by atoms with van der Waals surface area (Å²) in [6.07, 6.45) is -4.39. The number of halogens is 3. The summed E-state index contributed by atoms with van der Waals surface area (Å²) in [6.45, 7) is 2.74. The second-order valence-electron chi connectivity index (χ2n) is 5.38. The third kappa shape index (κ3) is 5.54. The van der Waals surface area contributed by atoms with E-state index in [1.807, 2.05) is 6.92 Å². The minimum absolute atomic E-state index is 0.0488. The summed E-state index contributed by atoms with van der Waals surface area (Å²) in [5.41, 5.74) is 4.84. The van der Waals surface area contributed by atoms with Crippen molar-refractivity contribution in [3.8, 4) is 0 Å². The molecule has 6 nitrogen and oxygen atoms in total. The Morgan fingerprint density at radius 2 is 2.00 bits per heavy atom. The second-order valence-corrected chi connectivity index (χ2v) is 5.38. The second kappa shape index (κ2) is 8.41. The van der Waals surface area contributed by atoms with Crippen molar-refractivity contribution in [3.63, 3.8) is 0 Å². The van der Waals surface area contributed by atoms with E-state index in [1.165, 1.54) is 12.1 Å². The molecule has 0 atom stereocenters. The molecule has 0 saturated carbocycles. The molecule has 0 fully saturated rings. The minimum Gasteiger partial charge on any atom is -0.454 e. The van der Waals surface area contributed by atoms with Crippen LogP contribution in [0.5, 0.6) is 0 Å². The van der Waals surface area contributed by atoms with E-state index in [9.17, 15) is 18.0 Å². The number of hydrogen-bond acceptors (Lipinski definition) is 3. The topological polar surface area (TPSA) is 92.6 Å². The number of nitrogens with zero attached hydrogens (tertiary/aromatic N) is 1. The Balaban J connectivity index is 2.03. The van der Waals surface area contributed by atoms with E-state index >= 15 is 0 Å². The van der Waals surface area contributed by atoms with Crippen LogP contribution in [0.25, 0.3) is 0 Å². The lowest BCUT2D eigenvalue weighted by Gasteiger charge is -2.11. The van der Waals surface area contributed by atoms with Crippen molar-refractivity contribution in [1.82, 2.24) is 10.6 Å². The van der Waals surface area contributed by atoms with Crippen molar-refractivity contribution in [2.45, 2.75) is 26.2 Å². The van der Waals surface area contributed by atoms with Crippen LogP contribution in [-0.4, -0.2) is 18.4 Å². The van der Waals surface area contributed by atoms with Gasteiger partial charge in [0.15, 0.2) is 11.7 Å². The molecule has 0 bridgehead atoms. The lowest BCUT2D eigenvalue weighted by molar-refractivity contribution is -0.137. The van der Waals surface area contributed by atoms with Crippen LogP contribution in [0.15, 0.2) is 45.8 Å². The maximum Gasteiger partial charge on any atom is 0.416 e. The van der Waals surface area contributed by atoms with Gasteiger partial charge in [-0.1, -0.05) is 12.1 Å². The third-order valence-electron chi connectivity index (χ3n) is 3.35.